The summed E-state index contributed by atoms with van der Waals surface area (Å²) >= 11 is 0. The highest BCUT2D eigenvalue weighted by molar-refractivity contribution is 5.42. The van der Waals surface area contributed by atoms with E-state index in [1.807, 2.05) is 12.1 Å². The van der Waals surface area contributed by atoms with Crippen molar-refractivity contribution in [2.45, 2.75) is 19.4 Å². The molecule has 0 aromatic carbocycles. The highest BCUT2D eigenvalue weighted by Gasteiger charge is 2.23. The van der Waals surface area contributed by atoms with Crippen molar-refractivity contribution >= 4 is 11.6 Å². The van der Waals surface area contributed by atoms with Crippen LogP contribution in [0.4, 0.5) is 11.6 Å². The average Bonchev–Trinajstić information content (AvgIpc) is 2.61. The number of hydrogen-bond acceptors (Lipinski definition) is 4. The molecule has 2 rings (SSSR count). The fourth-order valence-electron chi connectivity index (χ4n) is 1.83. The Morgan fingerprint density at radius 2 is 2.47 bits per heavy atom. The smallest absolute Gasteiger partial charge is 0.128 e. The molecular formula is C11H17N3O. The predicted octanol–water partition coefficient (Wildman–Crippen LogP) is 1.50. The van der Waals surface area contributed by atoms with Crippen LogP contribution in [-0.4, -0.2) is 24.2 Å². The van der Waals surface area contributed by atoms with Gasteiger partial charge < -0.3 is 15.8 Å². The molecule has 1 aromatic heterocycles. The first-order valence-corrected chi connectivity index (χ1v) is 5.34. The van der Waals surface area contributed by atoms with Gasteiger partial charge in [0.15, 0.2) is 0 Å². The van der Waals surface area contributed by atoms with Crippen LogP contribution < -0.4 is 11.1 Å². The van der Waals surface area contributed by atoms with Crippen LogP contribution >= 0.6 is 0 Å². The van der Waals surface area contributed by atoms with Crippen LogP contribution in [-0.2, 0) is 4.74 Å². The molecule has 1 saturated heterocycles. The monoisotopic (exact) mass is 207 g/mol. The molecule has 1 fully saturated rings. The second kappa shape index (κ2) is 4.49. The van der Waals surface area contributed by atoms with Crippen LogP contribution in [0.1, 0.15) is 13.3 Å². The molecule has 0 bridgehead atoms. The Kier molecular flexibility index (Phi) is 3.06. The first-order chi connectivity index (χ1) is 7.25. The van der Waals surface area contributed by atoms with E-state index in [-0.39, 0.29) is 0 Å². The minimum absolute atomic E-state index is 0.346. The zero-order valence-electron chi connectivity index (χ0n) is 8.94. The molecule has 1 aliphatic heterocycles. The average molecular weight is 207 g/mol. The van der Waals surface area contributed by atoms with Gasteiger partial charge in [0, 0.05) is 19.1 Å². The topological polar surface area (TPSA) is 60.2 Å². The Bertz CT molecular complexity index is 329. The predicted molar refractivity (Wildman–Crippen MR) is 60.7 cm³/mol. The standard InChI is InChI=1S/C11H17N3O/c1-8-9(5-6-15-8)7-13-11-4-2-3-10(12)14-11/h2-4,8-9H,5-7H2,1H3,(H3,12,13,14). The number of nitrogens with one attached hydrogen (secondary N) is 1. The summed E-state index contributed by atoms with van der Waals surface area (Å²) < 4.78 is 5.49. The van der Waals surface area contributed by atoms with Gasteiger partial charge in [0.2, 0.25) is 0 Å². The van der Waals surface area contributed by atoms with Gasteiger partial charge in [-0.2, -0.15) is 0 Å². The summed E-state index contributed by atoms with van der Waals surface area (Å²) in [6.45, 7) is 3.89. The molecule has 2 atom stereocenters. The van der Waals surface area contributed by atoms with E-state index in [9.17, 15) is 0 Å². The van der Waals surface area contributed by atoms with Crippen molar-refractivity contribution in [1.82, 2.24) is 4.98 Å². The Morgan fingerprint density at radius 1 is 1.60 bits per heavy atom. The lowest BCUT2D eigenvalue weighted by Gasteiger charge is -2.15. The molecule has 3 N–H and O–H groups in total. The molecule has 4 nitrogen and oxygen atoms in total. The number of aromatic nitrogens is 1. The number of anilines is 2. The van der Waals surface area contributed by atoms with E-state index in [1.54, 1.807) is 6.07 Å². The minimum atomic E-state index is 0.346. The highest BCUT2D eigenvalue weighted by atomic mass is 16.5. The zero-order valence-corrected chi connectivity index (χ0v) is 8.94. The van der Waals surface area contributed by atoms with Gasteiger partial charge in [0.05, 0.1) is 6.10 Å². The van der Waals surface area contributed by atoms with Gasteiger partial charge in [-0.1, -0.05) is 6.07 Å². The Labute approximate surface area is 89.8 Å². The van der Waals surface area contributed by atoms with Crippen LogP contribution in [0, 0.1) is 5.92 Å². The van der Waals surface area contributed by atoms with E-state index in [2.05, 4.69) is 17.2 Å². The summed E-state index contributed by atoms with van der Waals surface area (Å²) in [4.78, 5) is 4.19. The maximum atomic E-state index is 5.59. The van der Waals surface area contributed by atoms with Crippen molar-refractivity contribution in [1.29, 1.82) is 0 Å². The molecule has 2 heterocycles. The van der Waals surface area contributed by atoms with Crippen LogP contribution in [0.5, 0.6) is 0 Å². The van der Waals surface area contributed by atoms with Crippen molar-refractivity contribution in [2.75, 3.05) is 24.2 Å². The number of nitrogen functional groups attached to an aromatic ring is 1. The second-order valence-corrected chi connectivity index (χ2v) is 3.95. The first-order valence-electron chi connectivity index (χ1n) is 5.34. The molecule has 0 radical (unpaired) electrons. The molecule has 0 amide bonds. The van der Waals surface area contributed by atoms with Gasteiger partial charge in [-0.25, -0.2) is 4.98 Å². The first kappa shape index (κ1) is 10.2. The summed E-state index contributed by atoms with van der Waals surface area (Å²) in [5, 5.41) is 3.29. The van der Waals surface area contributed by atoms with E-state index < -0.39 is 0 Å². The lowest BCUT2D eigenvalue weighted by molar-refractivity contribution is 0.108. The molecule has 1 aliphatic rings. The van der Waals surface area contributed by atoms with Crippen molar-refractivity contribution in [3.05, 3.63) is 18.2 Å². The summed E-state index contributed by atoms with van der Waals surface area (Å²) in [7, 11) is 0. The van der Waals surface area contributed by atoms with Gasteiger partial charge in [0.1, 0.15) is 11.6 Å². The van der Waals surface area contributed by atoms with Crippen LogP contribution in [0.3, 0.4) is 0 Å². The number of nitrogens with two attached hydrogens (primary N) is 1. The van der Waals surface area contributed by atoms with Gasteiger partial charge in [-0.15, -0.1) is 0 Å². The molecule has 0 spiro atoms. The van der Waals surface area contributed by atoms with E-state index in [0.717, 1.165) is 25.4 Å². The van der Waals surface area contributed by atoms with Crippen LogP contribution in [0.15, 0.2) is 18.2 Å². The fraction of sp³-hybridized carbons (Fsp3) is 0.545. The van der Waals surface area contributed by atoms with E-state index in [4.69, 9.17) is 10.5 Å². The van der Waals surface area contributed by atoms with Crippen molar-refractivity contribution in [2.24, 2.45) is 5.92 Å². The molecule has 4 heteroatoms. The summed E-state index contributed by atoms with van der Waals surface area (Å²) in [5.74, 6) is 1.97. The third-order valence-electron chi connectivity index (χ3n) is 2.85. The van der Waals surface area contributed by atoms with Gasteiger partial charge in [0.25, 0.3) is 0 Å². The summed E-state index contributed by atoms with van der Waals surface area (Å²) in [5.41, 5.74) is 5.59. The SMILES string of the molecule is CC1OCCC1CNc1cccc(N)n1. The highest BCUT2D eigenvalue weighted by Crippen LogP contribution is 2.20. The maximum absolute atomic E-state index is 5.59. The third kappa shape index (κ3) is 2.59. The largest absolute Gasteiger partial charge is 0.384 e. The lowest BCUT2D eigenvalue weighted by Crippen LogP contribution is -2.21. The molecule has 82 valence electrons. The molecule has 0 aliphatic carbocycles. The summed E-state index contributed by atoms with van der Waals surface area (Å²) in [6, 6.07) is 5.61. The Morgan fingerprint density at radius 3 is 3.13 bits per heavy atom. The summed E-state index contributed by atoms with van der Waals surface area (Å²) in [6.07, 6.45) is 1.47. The van der Waals surface area contributed by atoms with Gasteiger partial charge in [-0.3, -0.25) is 0 Å². The number of ether oxygens (including phenoxy) is 1. The third-order valence-corrected chi connectivity index (χ3v) is 2.85. The second-order valence-electron chi connectivity index (χ2n) is 3.95. The molecule has 2 unspecified atom stereocenters. The number of pyridine rings is 1. The quantitative estimate of drug-likeness (QED) is 0.788. The van der Waals surface area contributed by atoms with Crippen molar-refractivity contribution < 1.29 is 4.74 Å². The lowest BCUT2D eigenvalue weighted by atomic mass is 10.0. The van der Waals surface area contributed by atoms with Crippen LogP contribution in [0.2, 0.25) is 0 Å². The van der Waals surface area contributed by atoms with Gasteiger partial charge in [-0.05, 0) is 25.5 Å². The van der Waals surface area contributed by atoms with E-state index >= 15 is 0 Å². The number of hydrogen-bond donors (Lipinski definition) is 2. The number of rotatable bonds is 3. The molecule has 1 aromatic rings. The number of nitrogens with zero attached hydrogens (tertiary/aromatic N) is 1. The normalized spacial score (nSPS) is 25.4. The fourth-order valence-corrected chi connectivity index (χ4v) is 1.83. The molecular weight excluding hydrogens is 190 g/mol. The molecule has 0 saturated carbocycles. The molecule has 15 heavy (non-hydrogen) atoms. The van der Waals surface area contributed by atoms with Crippen molar-refractivity contribution in [3.8, 4) is 0 Å². The van der Waals surface area contributed by atoms with E-state index in [1.165, 1.54) is 0 Å². The Hall–Kier alpha value is -1.29. The zero-order chi connectivity index (χ0) is 10.7. The van der Waals surface area contributed by atoms with Crippen LogP contribution in [0.25, 0.3) is 0 Å². The maximum Gasteiger partial charge on any atom is 0.128 e. The Balaban J connectivity index is 1.87. The van der Waals surface area contributed by atoms with Crippen molar-refractivity contribution in [3.63, 3.8) is 0 Å². The van der Waals surface area contributed by atoms with E-state index in [0.29, 0.717) is 17.8 Å². The van der Waals surface area contributed by atoms with Gasteiger partial charge >= 0.3 is 0 Å². The minimum Gasteiger partial charge on any atom is -0.384 e.